The molecule has 4 amide bonds. The van der Waals surface area contributed by atoms with Crippen LogP contribution >= 0.6 is 11.8 Å². The lowest BCUT2D eigenvalue weighted by Gasteiger charge is -2.42. The number of ether oxygens (including phenoxy) is 4. The number of methoxy groups -OCH3 is 2. The van der Waals surface area contributed by atoms with Gasteiger partial charge in [-0.05, 0) is 119 Å². The topological polar surface area (TPSA) is 236 Å². The maximum atomic E-state index is 14.4. The van der Waals surface area contributed by atoms with Crippen LogP contribution in [-0.4, -0.2) is 153 Å². The average molecular weight is 1130 g/mol. The number of amides is 4. The van der Waals surface area contributed by atoms with Gasteiger partial charge < -0.3 is 38.5 Å². The zero-order valence-corrected chi connectivity index (χ0v) is 52.6. The molecule has 0 saturated carbocycles. The van der Waals surface area contributed by atoms with E-state index in [1.807, 2.05) is 41.5 Å². The molecule has 0 aliphatic carbocycles. The second-order valence-electron chi connectivity index (χ2n) is 24.7. The summed E-state index contributed by atoms with van der Waals surface area (Å²) in [6.45, 7) is 33.1. The molecule has 2 rings (SSSR count). The minimum atomic E-state index is -2.47. The molecule has 21 heteroatoms. The zero-order valence-electron chi connectivity index (χ0n) is 50.8. The number of esters is 2. The van der Waals surface area contributed by atoms with E-state index in [-0.39, 0.29) is 39.7 Å². The quantitative estimate of drug-likeness (QED) is 0.0173. The highest BCUT2D eigenvalue weighted by Gasteiger charge is 2.44. The minimum absolute atomic E-state index is 0.00292. The fraction of sp³-hybridized carbons (Fsp3) is 0.737. The number of likely N-dealkylation sites (N-methyl/N-ethyl adjacent to an activating group) is 2. The van der Waals surface area contributed by atoms with Crippen LogP contribution in [0.4, 0.5) is 4.79 Å². The fourth-order valence-corrected chi connectivity index (χ4v) is 11.1. The molecule has 1 aliphatic rings. The van der Waals surface area contributed by atoms with Crippen LogP contribution in [0.1, 0.15) is 142 Å². The highest BCUT2D eigenvalue weighted by molar-refractivity contribution is 8.13. The molecular formula is C57H95N7O12SSi. The molecule has 0 bridgehead atoms. The molecule has 0 aromatic heterocycles. The molecule has 78 heavy (non-hydrogen) atoms. The van der Waals surface area contributed by atoms with Gasteiger partial charge in [0.15, 0.2) is 13.4 Å². The Hall–Kier alpha value is -5.11. The molecule has 1 aromatic rings. The first-order valence-corrected chi connectivity index (χ1v) is 31.2. The van der Waals surface area contributed by atoms with Crippen molar-refractivity contribution in [1.82, 2.24) is 20.0 Å². The number of nitrogens with one attached hydrogen (secondary N) is 1. The second kappa shape index (κ2) is 29.9. The summed E-state index contributed by atoms with van der Waals surface area (Å²) in [5.74, 6) is -3.12. The summed E-state index contributed by atoms with van der Waals surface area (Å²) in [7, 11) is 3.28. The smallest absolute Gasteiger partial charge is 0.411 e. The first kappa shape index (κ1) is 69.0. The Morgan fingerprint density at radius 1 is 0.923 bits per heavy atom. The molecule has 1 fully saturated rings. The molecule has 1 heterocycles. The van der Waals surface area contributed by atoms with Gasteiger partial charge in [0, 0.05) is 43.3 Å². The van der Waals surface area contributed by atoms with E-state index in [2.05, 4.69) is 56.1 Å². The van der Waals surface area contributed by atoms with Gasteiger partial charge in [-0.15, -0.1) is 0 Å². The van der Waals surface area contributed by atoms with Crippen molar-refractivity contribution >= 4 is 60.9 Å². The Kier molecular flexibility index (Phi) is 26.5. The first-order chi connectivity index (χ1) is 35.9. The molecule has 440 valence electrons. The lowest BCUT2D eigenvalue weighted by atomic mass is 9.81. The summed E-state index contributed by atoms with van der Waals surface area (Å²) < 4.78 is 29.3. The predicted molar refractivity (Wildman–Crippen MR) is 308 cm³/mol. The monoisotopic (exact) mass is 1130 g/mol. The fourth-order valence-electron chi connectivity index (χ4n) is 8.73. The van der Waals surface area contributed by atoms with Crippen LogP contribution < -0.4 is 10.1 Å². The van der Waals surface area contributed by atoms with Crippen LogP contribution in [-0.2, 0) is 53.8 Å². The summed E-state index contributed by atoms with van der Waals surface area (Å²) in [5, 5.41) is 6.38. The molecule has 1 aromatic carbocycles. The molecule has 0 spiro atoms. The molecule has 1 N–H and O–H groups in total. The normalized spacial score (nSPS) is 17.8. The average Bonchev–Trinajstić information content (AvgIpc) is 3.86. The van der Waals surface area contributed by atoms with Gasteiger partial charge in [0.2, 0.25) is 17.7 Å². The Morgan fingerprint density at radius 2 is 1.53 bits per heavy atom. The molecule has 10 atom stereocenters. The molecule has 0 unspecified atom stereocenters. The third-order valence-corrected chi connectivity index (χ3v) is 20.8. The van der Waals surface area contributed by atoms with Crippen molar-refractivity contribution in [1.29, 1.82) is 0 Å². The summed E-state index contributed by atoms with van der Waals surface area (Å²) in [4.78, 5) is 103. The molecule has 0 radical (unpaired) electrons. The summed E-state index contributed by atoms with van der Waals surface area (Å²) in [6.07, 6.45) is 2.56. The molecule has 19 nitrogen and oxygen atoms in total. The molecule has 1 saturated heterocycles. The number of thioether (sulfide) groups is 1. The van der Waals surface area contributed by atoms with Crippen LogP contribution in [0.15, 0.2) is 41.0 Å². The van der Waals surface area contributed by atoms with Crippen LogP contribution in [0.25, 0.3) is 10.4 Å². The van der Waals surface area contributed by atoms with E-state index >= 15 is 0 Å². The number of rotatable bonds is 26. The number of carbonyl (C=O) groups excluding carboxylic acids is 7. The summed E-state index contributed by atoms with van der Waals surface area (Å²) in [6, 6.07) is 2.18. The maximum absolute atomic E-state index is 14.4. The van der Waals surface area contributed by atoms with Crippen LogP contribution in [0, 0.1) is 23.2 Å². The molecular weight excluding hydrogens is 1030 g/mol. The lowest BCUT2D eigenvalue weighted by molar-refractivity contribution is -0.161. The standard InChI is InChI=1S/C57H95N7O12SSi/c1-22-36(3)47(52(69)73-19)63(17)49(66)39(6)62(16)50(67)43(33-40-25-27-42(72-18)28-26-40)59-48(65)37(4)32-41(60-61-58)34-77-53(70)38(5)45(76-78(20,21)57(13,14)15)30-35(2)31-46(55(7,8)9)74-51(68)44-24-23-29-64(44)54(71)75-56(10,11)12/h25-28,32,35-36,38-39,41,43-47H,22-24,29-31,33-34H2,1-21H3,(H,59,65)/b37-32+/t35-,36-,38-,39-,41-,43-,44-,45-,46-,47-/m0/s1. The third-order valence-electron chi connectivity index (χ3n) is 15.1. The third kappa shape index (κ3) is 20.5. The van der Waals surface area contributed by atoms with E-state index in [1.54, 1.807) is 52.0 Å². The van der Waals surface area contributed by atoms with Crippen molar-refractivity contribution < 1.29 is 56.9 Å². The van der Waals surface area contributed by atoms with Crippen molar-refractivity contribution in [2.45, 2.75) is 209 Å². The van der Waals surface area contributed by atoms with Crippen molar-refractivity contribution in [3.8, 4) is 5.75 Å². The van der Waals surface area contributed by atoms with E-state index < -0.39 is 103 Å². The van der Waals surface area contributed by atoms with E-state index in [1.165, 1.54) is 56.0 Å². The number of likely N-dealkylation sites (tertiary alicyclic amines) is 1. The number of nitrogens with zero attached hydrogens (tertiary/aromatic N) is 6. The van der Waals surface area contributed by atoms with Gasteiger partial charge in [-0.2, -0.15) is 0 Å². The van der Waals surface area contributed by atoms with Gasteiger partial charge in [-0.3, -0.25) is 24.1 Å². The van der Waals surface area contributed by atoms with Gasteiger partial charge in [0.05, 0.1) is 32.3 Å². The Balaban J connectivity index is 2.39. The van der Waals surface area contributed by atoms with E-state index in [4.69, 9.17) is 23.4 Å². The number of benzene rings is 1. The van der Waals surface area contributed by atoms with Gasteiger partial charge in [0.25, 0.3) is 0 Å². The SMILES string of the molecule is CC[C@H](C)[C@@H](C(=O)OC)N(C)C(=O)[C@H](C)N(C)C(=O)[C@H](Cc1ccc(OC)cc1)NC(=O)/C(C)=C/[C@@H](CSC(=O)[C@@H](C)[C@H](C[C@H](C)C[C@H](OC(=O)[C@@H]1CCCN1C(=O)OC(C)(C)C)C(C)(C)C)O[Si](C)(C)C(C)(C)C)N=[N+]=[N-]. The first-order valence-electron chi connectivity index (χ1n) is 27.3. The Labute approximate surface area is 471 Å². The van der Waals surface area contributed by atoms with E-state index in [0.717, 1.165) is 11.8 Å². The Bertz CT molecular complexity index is 2290. The van der Waals surface area contributed by atoms with Gasteiger partial charge in [-0.1, -0.05) is 111 Å². The number of hydrogen-bond acceptors (Lipinski definition) is 14. The van der Waals surface area contributed by atoms with Crippen LogP contribution in [0.2, 0.25) is 18.1 Å². The van der Waals surface area contributed by atoms with Crippen molar-refractivity contribution in [2.24, 2.45) is 28.3 Å². The highest BCUT2D eigenvalue weighted by atomic mass is 32.2. The summed E-state index contributed by atoms with van der Waals surface area (Å²) in [5.41, 5.74) is 9.29. The van der Waals surface area contributed by atoms with Gasteiger partial charge >= 0.3 is 18.0 Å². The number of carbonyl (C=O) groups is 7. The second-order valence-corrected chi connectivity index (χ2v) is 30.4. The van der Waals surface area contributed by atoms with Crippen LogP contribution in [0.5, 0.6) is 5.75 Å². The minimum Gasteiger partial charge on any atom is -0.497 e. The zero-order chi connectivity index (χ0) is 59.8. The highest BCUT2D eigenvalue weighted by Crippen LogP contribution is 2.41. The van der Waals surface area contributed by atoms with Crippen molar-refractivity contribution in [3.05, 3.63) is 51.9 Å². The van der Waals surface area contributed by atoms with E-state index in [0.29, 0.717) is 50.0 Å². The van der Waals surface area contributed by atoms with Gasteiger partial charge in [-0.25, -0.2) is 14.4 Å². The molecule has 1 aliphatic heterocycles. The van der Waals surface area contributed by atoms with E-state index in [9.17, 15) is 39.1 Å². The predicted octanol–water partition coefficient (Wildman–Crippen LogP) is 10.3. The van der Waals surface area contributed by atoms with Crippen molar-refractivity contribution in [3.63, 3.8) is 0 Å². The maximum Gasteiger partial charge on any atom is 0.411 e. The largest absolute Gasteiger partial charge is 0.497 e. The number of hydrogen-bond donors (Lipinski definition) is 1. The summed E-state index contributed by atoms with van der Waals surface area (Å²) >= 11 is 0.973. The van der Waals surface area contributed by atoms with Crippen LogP contribution in [0.3, 0.4) is 0 Å². The van der Waals surface area contributed by atoms with Gasteiger partial charge in [0.1, 0.15) is 41.6 Å². The van der Waals surface area contributed by atoms with Crippen molar-refractivity contribution in [2.75, 3.05) is 40.6 Å². The Morgan fingerprint density at radius 3 is 2.04 bits per heavy atom. The lowest BCUT2D eigenvalue weighted by Crippen LogP contribution is -2.57. The number of azide groups is 1.